The molecule has 1 N–H and O–H groups in total. The Balaban J connectivity index is 2.18. The van der Waals surface area contributed by atoms with Crippen LogP contribution >= 0.6 is 0 Å². The third-order valence-corrected chi connectivity index (χ3v) is 3.50. The van der Waals surface area contributed by atoms with Crippen molar-refractivity contribution >= 4 is 11.0 Å². The summed E-state index contributed by atoms with van der Waals surface area (Å²) in [6.45, 7) is 0.0329. The SMILES string of the molecule is OCc1nc2ccccc2n1C1CCCC1. The molecule has 0 spiro atoms. The van der Waals surface area contributed by atoms with Gasteiger partial charge in [-0.05, 0) is 25.0 Å². The molecule has 1 aliphatic rings. The van der Waals surface area contributed by atoms with E-state index >= 15 is 0 Å². The summed E-state index contributed by atoms with van der Waals surface area (Å²) in [6, 6.07) is 8.68. The number of fused-ring (bicyclic) bond motifs is 1. The maximum atomic E-state index is 9.40. The molecule has 3 heteroatoms. The van der Waals surface area contributed by atoms with Gasteiger partial charge in [-0.1, -0.05) is 25.0 Å². The van der Waals surface area contributed by atoms with E-state index in [1.54, 1.807) is 0 Å². The van der Waals surface area contributed by atoms with Gasteiger partial charge < -0.3 is 9.67 Å². The molecule has 1 heterocycles. The van der Waals surface area contributed by atoms with Gasteiger partial charge >= 0.3 is 0 Å². The van der Waals surface area contributed by atoms with Gasteiger partial charge in [-0.3, -0.25) is 0 Å². The van der Waals surface area contributed by atoms with Gasteiger partial charge in [0.25, 0.3) is 0 Å². The highest BCUT2D eigenvalue weighted by molar-refractivity contribution is 5.76. The fourth-order valence-corrected chi connectivity index (χ4v) is 2.78. The maximum Gasteiger partial charge on any atom is 0.135 e. The van der Waals surface area contributed by atoms with Gasteiger partial charge in [0.05, 0.1) is 11.0 Å². The van der Waals surface area contributed by atoms with E-state index in [0.717, 1.165) is 11.3 Å². The highest BCUT2D eigenvalue weighted by atomic mass is 16.3. The number of aliphatic hydroxyl groups is 1. The number of hydrogen-bond acceptors (Lipinski definition) is 2. The average Bonchev–Trinajstić information content (AvgIpc) is 2.94. The molecule has 84 valence electrons. The normalized spacial score (nSPS) is 17.3. The lowest BCUT2D eigenvalue weighted by Crippen LogP contribution is -2.09. The van der Waals surface area contributed by atoms with Gasteiger partial charge in [-0.25, -0.2) is 4.98 Å². The van der Waals surface area contributed by atoms with Crippen molar-refractivity contribution in [3.63, 3.8) is 0 Å². The second-order valence-corrected chi connectivity index (χ2v) is 4.48. The van der Waals surface area contributed by atoms with Crippen LogP contribution in [0, 0.1) is 0 Å². The van der Waals surface area contributed by atoms with Crippen LogP contribution in [0.25, 0.3) is 11.0 Å². The Bertz CT molecular complexity index is 498. The number of aliphatic hydroxyl groups excluding tert-OH is 1. The minimum Gasteiger partial charge on any atom is -0.388 e. The molecule has 0 unspecified atom stereocenters. The minimum absolute atomic E-state index is 0.0329. The molecule has 1 fully saturated rings. The summed E-state index contributed by atoms with van der Waals surface area (Å²) in [5.74, 6) is 0.813. The molecule has 0 atom stereocenters. The number of aromatic nitrogens is 2. The van der Waals surface area contributed by atoms with Gasteiger partial charge in [0.1, 0.15) is 12.4 Å². The number of benzene rings is 1. The van der Waals surface area contributed by atoms with Crippen LogP contribution in [-0.2, 0) is 6.61 Å². The van der Waals surface area contributed by atoms with E-state index in [9.17, 15) is 5.11 Å². The average molecular weight is 216 g/mol. The summed E-state index contributed by atoms with van der Waals surface area (Å²) in [5, 5.41) is 9.40. The molecule has 0 radical (unpaired) electrons. The molecule has 16 heavy (non-hydrogen) atoms. The first-order chi connectivity index (χ1) is 7.90. The first-order valence-corrected chi connectivity index (χ1v) is 5.97. The predicted octanol–water partition coefficient (Wildman–Crippen LogP) is 2.64. The Morgan fingerprint density at radius 2 is 2.00 bits per heavy atom. The monoisotopic (exact) mass is 216 g/mol. The largest absolute Gasteiger partial charge is 0.388 e. The van der Waals surface area contributed by atoms with Crippen molar-refractivity contribution in [1.29, 1.82) is 0 Å². The standard InChI is InChI=1S/C13H16N2O/c16-9-13-14-11-7-3-4-8-12(11)15(13)10-5-1-2-6-10/h3-4,7-8,10,16H,1-2,5-6,9H2. The molecule has 1 saturated carbocycles. The lowest BCUT2D eigenvalue weighted by atomic mass is 10.2. The third kappa shape index (κ3) is 1.43. The predicted molar refractivity (Wildman–Crippen MR) is 63.2 cm³/mol. The smallest absolute Gasteiger partial charge is 0.135 e. The number of nitrogens with zero attached hydrogens (tertiary/aromatic N) is 2. The van der Waals surface area contributed by atoms with Crippen molar-refractivity contribution in [2.45, 2.75) is 38.3 Å². The zero-order valence-corrected chi connectivity index (χ0v) is 9.26. The van der Waals surface area contributed by atoms with Gasteiger partial charge in [0, 0.05) is 6.04 Å². The number of para-hydroxylation sites is 2. The second-order valence-electron chi connectivity index (χ2n) is 4.48. The fraction of sp³-hybridized carbons (Fsp3) is 0.462. The van der Waals surface area contributed by atoms with Crippen molar-refractivity contribution in [1.82, 2.24) is 9.55 Å². The lowest BCUT2D eigenvalue weighted by Gasteiger charge is -2.15. The fourth-order valence-electron chi connectivity index (χ4n) is 2.78. The van der Waals surface area contributed by atoms with E-state index in [1.165, 1.54) is 31.2 Å². The van der Waals surface area contributed by atoms with E-state index in [-0.39, 0.29) is 6.61 Å². The summed E-state index contributed by atoms with van der Waals surface area (Å²) in [6.07, 6.45) is 5.02. The van der Waals surface area contributed by atoms with Crippen LogP contribution < -0.4 is 0 Å². The maximum absolute atomic E-state index is 9.40. The van der Waals surface area contributed by atoms with E-state index in [4.69, 9.17) is 0 Å². The lowest BCUT2D eigenvalue weighted by molar-refractivity contribution is 0.261. The van der Waals surface area contributed by atoms with Crippen molar-refractivity contribution in [3.05, 3.63) is 30.1 Å². The Morgan fingerprint density at radius 1 is 1.25 bits per heavy atom. The summed E-state index contributed by atoms with van der Waals surface area (Å²) in [4.78, 5) is 4.49. The summed E-state index contributed by atoms with van der Waals surface area (Å²) in [5.41, 5.74) is 2.16. The Hall–Kier alpha value is -1.35. The van der Waals surface area contributed by atoms with Crippen molar-refractivity contribution in [3.8, 4) is 0 Å². The summed E-state index contributed by atoms with van der Waals surface area (Å²) < 4.78 is 2.24. The van der Waals surface area contributed by atoms with Crippen LogP contribution in [-0.4, -0.2) is 14.7 Å². The zero-order valence-electron chi connectivity index (χ0n) is 9.26. The molecule has 2 aromatic rings. The second kappa shape index (κ2) is 3.91. The Kier molecular flexibility index (Phi) is 2.40. The topological polar surface area (TPSA) is 38.1 Å². The quantitative estimate of drug-likeness (QED) is 0.838. The van der Waals surface area contributed by atoms with E-state index in [1.807, 2.05) is 18.2 Å². The van der Waals surface area contributed by atoms with Gasteiger partial charge in [-0.15, -0.1) is 0 Å². The first kappa shape index (κ1) is 9.85. The minimum atomic E-state index is 0.0329. The Labute approximate surface area is 94.7 Å². The van der Waals surface area contributed by atoms with E-state index in [2.05, 4.69) is 15.6 Å². The third-order valence-electron chi connectivity index (χ3n) is 3.50. The van der Waals surface area contributed by atoms with Crippen LogP contribution in [0.4, 0.5) is 0 Å². The molecule has 3 rings (SSSR count). The summed E-state index contributed by atoms with van der Waals surface area (Å²) in [7, 11) is 0. The van der Waals surface area contributed by atoms with Crippen LogP contribution in [0.2, 0.25) is 0 Å². The van der Waals surface area contributed by atoms with Crippen LogP contribution in [0.5, 0.6) is 0 Å². The highest BCUT2D eigenvalue weighted by Crippen LogP contribution is 2.33. The molecule has 0 aliphatic heterocycles. The van der Waals surface area contributed by atoms with E-state index in [0.29, 0.717) is 6.04 Å². The van der Waals surface area contributed by atoms with Crippen molar-refractivity contribution in [2.75, 3.05) is 0 Å². The van der Waals surface area contributed by atoms with Crippen LogP contribution in [0.15, 0.2) is 24.3 Å². The zero-order chi connectivity index (χ0) is 11.0. The molecule has 0 bridgehead atoms. The van der Waals surface area contributed by atoms with E-state index < -0.39 is 0 Å². The molecule has 0 amide bonds. The van der Waals surface area contributed by atoms with Gasteiger partial charge in [0.2, 0.25) is 0 Å². The number of imidazole rings is 1. The molecular weight excluding hydrogens is 200 g/mol. The molecule has 1 aliphatic carbocycles. The molecular formula is C13H16N2O. The Morgan fingerprint density at radius 3 is 2.75 bits per heavy atom. The molecule has 1 aromatic carbocycles. The first-order valence-electron chi connectivity index (χ1n) is 5.97. The van der Waals surface area contributed by atoms with Gasteiger partial charge in [-0.2, -0.15) is 0 Å². The van der Waals surface area contributed by atoms with Crippen molar-refractivity contribution < 1.29 is 5.11 Å². The van der Waals surface area contributed by atoms with Crippen molar-refractivity contribution in [2.24, 2.45) is 0 Å². The highest BCUT2D eigenvalue weighted by Gasteiger charge is 2.21. The molecule has 3 nitrogen and oxygen atoms in total. The number of hydrogen-bond donors (Lipinski definition) is 1. The van der Waals surface area contributed by atoms with Gasteiger partial charge in [0.15, 0.2) is 0 Å². The van der Waals surface area contributed by atoms with Crippen LogP contribution in [0.1, 0.15) is 37.5 Å². The molecule has 0 saturated heterocycles. The summed E-state index contributed by atoms with van der Waals surface area (Å²) >= 11 is 0. The molecule has 1 aromatic heterocycles. The number of rotatable bonds is 2. The van der Waals surface area contributed by atoms with Crippen LogP contribution in [0.3, 0.4) is 0 Å².